The maximum absolute atomic E-state index is 14.3. The molecule has 2 saturated heterocycles. The van der Waals surface area contributed by atoms with Crippen LogP contribution in [0.1, 0.15) is 27.2 Å². The number of ether oxygens (including phenoxy) is 1. The highest BCUT2D eigenvalue weighted by atomic mass is 32.2. The zero-order valence-corrected chi connectivity index (χ0v) is 13.1. The number of amides is 3. The van der Waals surface area contributed by atoms with Crippen LogP contribution in [0.2, 0.25) is 0 Å². The molecule has 0 aliphatic carbocycles. The van der Waals surface area contributed by atoms with Gasteiger partial charge in [0.1, 0.15) is 11.8 Å². The second kappa shape index (κ2) is 5.82. The van der Waals surface area contributed by atoms with Crippen molar-refractivity contribution in [2.75, 3.05) is 18.8 Å². The third-order valence-corrected chi connectivity index (χ3v) is 4.11. The molecule has 2 aliphatic heterocycles. The molecular weight excluding hydrogens is 299 g/mol. The van der Waals surface area contributed by atoms with Gasteiger partial charge in [0.15, 0.2) is 0 Å². The summed E-state index contributed by atoms with van der Waals surface area (Å²) in [5.41, 5.74) is -0.642. The van der Waals surface area contributed by atoms with Crippen LogP contribution in [-0.4, -0.2) is 63.7 Å². The highest BCUT2D eigenvalue weighted by Gasteiger charge is 2.43. The number of imide groups is 1. The Balaban J connectivity index is 1.98. The van der Waals surface area contributed by atoms with Crippen molar-refractivity contribution in [3.05, 3.63) is 0 Å². The Morgan fingerprint density at radius 2 is 2.05 bits per heavy atom. The molecule has 0 spiro atoms. The Morgan fingerprint density at radius 3 is 2.52 bits per heavy atom. The number of hydrogen-bond acceptors (Lipinski definition) is 5. The van der Waals surface area contributed by atoms with Crippen molar-refractivity contribution < 1.29 is 23.5 Å². The normalized spacial score (nSPS) is 27.2. The van der Waals surface area contributed by atoms with Crippen molar-refractivity contribution in [2.24, 2.45) is 0 Å². The molecule has 0 bridgehead atoms. The third kappa shape index (κ3) is 3.66. The molecule has 2 atom stereocenters. The van der Waals surface area contributed by atoms with E-state index >= 15 is 0 Å². The zero-order chi connectivity index (χ0) is 15.8. The first-order chi connectivity index (χ1) is 9.69. The summed E-state index contributed by atoms with van der Waals surface area (Å²) in [6.45, 7) is 5.32. The minimum absolute atomic E-state index is 0.0673. The average Bonchev–Trinajstić information content (AvgIpc) is 2.67. The summed E-state index contributed by atoms with van der Waals surface area (Å²) in [4.78, 5) is 37.5. The molecule has 8 heteroatoms. The van der Waals surface area contributed by atoms with Crippen LogP contribution >= 0.6 is 11.8 Å². The highest BCUT2D eigenvalue weighted by molar-refractivity contribution is 8.14. The standard InChI is InChI=1S/C13H19FN2O4S/c1-13(2,3)20-11(18)15-5-4-9(8(14)6-15)16-10(17)7-21-12(16)19/h8-9H,4-7H2,1-3H3/t8-,9-/m0/s1. The lowest BCUT2D eigenvalue weighted by Crippen LogP contribution is -2.55. The van der Waals surface area contributed by atoms with E-state index in [0.717, 1.165) is 16.7 Å². The van der Waals surface area contributed by atoms with Crippen LogP contribution in [0.15, 0.2) is 0 Å². The largest absolute Gasteiger partial charge is 0.444 e. The summed E-state index contributed by atoms with van der Waals surface area (Å²) in [7, 11) is 0. The quantitative estimate of drug-likeness (QED) is 0.740. The number of carbonyl (C=O) groups is 3. The maximum Gasteiger partial charge on any atom is 0.410 e. The zero-order valence-electron chi connectivity index (χ0n) is 12.3. The summed E-state index contributed by atoms with van der Waals surface area (Å²) >= 11 is 0.890. The van der Waals surface area contributed by atoms with Gasteiger partial charge in [0.25, 0.3) is 5.24 Å². The van der Waals surface area contributed by atoms with Crippen LogP contribution in [0.5, 0.6) is 0 Å². The minimum Gasteiger partial charge on any atom is -0.444 e. The van der Waals surface area contributed by atoms with E-state index in [1.807, 2.05) is 0 Å². The molecule has 2 heterocycles. The lowest BCUT2D eigenvalue weighted by Gasteiger charge is -2.38. The smallest absolute Gasteiger partial charge is 0.410 e. The number of rotatable bonds is 1. The summed E-state index contributed by atoms with van der Waals surface area (Å²) in [5.74, 6) is -0.291. The Labute approximate surface area is 127 Å². The maximum atomic E-state index is 14.3. The van der Waals surface area contributed by atoms with Gasteiger partial charge in [-0.2, -0.15) is 0 Å². The van der Waals surface area contributed by atoms with Gasteiger partial charge in [-0.05, 0) is 27.2 Å². The van der Waals surface area contributed by atoms with E-state index in [9.17, 15) is 18.8 Å². The van der Waals surface area contributed by atoms with E-state index < -0.39 is 29.1 Å². The van der Waals surface area contributed by atoms with Crippen LogP contribution in [0.4, 0.5) is 14.0 Å². The fraction of sp³-hybridized carbons (Fsp3) is 0.769. The molecule has 0 N–H and O–H groups in total. The molecular formula is C13H19FN2O4S. The number of nitrogens with zero attached hydrogens (tertiary/aromatic N) is 2. The molecule has 0 aromatic carbocycles. The number of hydrogen-bond donors (Lipinski definition) is 0. The van der Waals surface area contributed by atoms with Gasteiger partial charge in [-0.3, -0.25) is 14.5 Å². The molecule has 0 aromatic heterocycles. The summed E-state index contributed by atoms with van der Waals surface area (Å²) in [6.07, 6.45) is -1.78. The van der Waals surface area contributed by atoms with Crippen molar-refractivity contribution in [1.82, 2.24) is 9.80 Å². The van der Waals surface area contributed by atoms with Crippen LogP contribution in [0, 0.1) is 0 Å². The predicted molar refractivity (Wildman–Crippen MR) is 75.8 cm³/mol. The van der Waals surface area contributed by atoms with Crippen molar-refractivity contribution in [3.8, 4) is 0 Å². The van der Waals surface area contributed by atoms with Crippen LogP contribution < -0.4 is 0 Å². The Morgan fingerprint density at radius 1 is 1.38 bits per heavy atom. The monoisotopic (exact) mass is 318 g/mol. The Kier molecular flexibility index (Phi) is 4.46. The predicted octanol–water partition coefficient (Wildman–Crippen LogP) is 2.03. The lowest BCUT2D eigenvalue weighted by atomic mass is 10.0. The van der Waals surface area contributed by atoms with E-state index in [-0.39, 0.29) is 31.2 Å². The van der Waals surface area contributed by atoms with Gasteiger partial charge in [-0.15, -0.1) is 0 Å². The fourth-order valence-electron chi connectivity index (χ4n) is 2.36. The molecule has 2 aliphatic rings. The van der Waals surface area contributed by atoms with Crippen LogP contribution in [0.3, 0.4) is 0 Å². The average molecular weight is 318 g/mol. The van der Waals surface area contributed by atoms with Crippen LogP contribution in [0.25, 0.3) is 0 Å². The highest BCUT2D eigenvalue weighted by Crippen LogP contribution is 2.28. The number of piperidine rings is 1. The van der Waals surface area contributed by atoms with Gasteiger partial charge >= 0.3 is 6.09 Å². The van der Waals surface area contributed by atoms with E-state index in [0.29, 0.717) is 0 Å². The first-order valence-corrected chi connectivity index (χ1v) is 7.78. The molecule has 2 fully saturated rings. The summed E-state index contributed by atoms with van der Waals surface area (Å²) < 4.78 is 19.5. The molecule has 0 aromatic rings. The molecule has 21 heavy (non-hydrogen) atoms. The number of carbonyl (C=O) groups excluding carboxylic acids is 3. The first-order valence-electron chi connectivity index (χ1n) is 6.80. The fourth-order valence-corrected chi connectivity index (χ4v) is 3.12. The number of thioether (sulfide) groups is 1. The molecule has 6 nitrogen and oxygen atoms in total. The van der Waals surface area contributed by atoms with E-state index in [4.69, 9.17) is 4.74 Å². The van der Waals surface area contributed by atoms with Crippen molar-refractivity contribution in [2.45, 2.75) is 45.0 Å². The van der Waals surface area contributed by atoms with Crippen molar-refractivity contribution in [1.29, 1.82) is 0 Å². The second-order valence-corrected chi connectivity index (χ2v) is 7.04. The lowest BCUT2D eigenvalue weighted by molar-refractivity contribution is -0.128. The number of likely N-dealkylation sites (tertiary alicyclic amines) is 1. The molecule has 2 rings (SSSR count). The van der Waals surface area contributed by atoms with E-state index in [1.165, 1.54) is 4.90 Å². The van der Waals surface area contributed by atoms with Gasteiger partial charge in [0.2, 0.25) is 5.91 Å². The Bertz CT molecular complexity index is 450. The van der Waals surface area contributed by atoms with Crippen molar-refractivity contribution >= 4 is 29.0 Å². The molecule has 3 amide bonds. The second-order valence-electron chi connectivity index (χ2n) is 6.12. The van der Waals surface area contributed by atoms with Gasteiger partial charge in [-0.25, -0.2) is 9.18 Å². The third-order valence-electron chi connectivity index (χ3n) is 3.27. The molecule has 0 saturated carbocycles. The Hall–Kier alpha value is -1.31. The van der Waals surface area contributed by atoms with Gasteiger partial charge in [0, 0.05) is 6.54 Å². The summed E-state index contributed by atoms with van der Waals surface area (Å²) in [5, 5.41) is -0.404. The minimum atomic E-state index is -1.45. The molecule has 118 valence electrons. The number of alkyl halides is 1. The first kappa shape index (κ1) is 16.1. The van der Waals surface area contributed by atoms with Gasteiger partial charge in [0.05, 0.1) is 18.3 Å². The van der Waals surface area contributed by atoms with E-state index in [1.54, 1.807) is 20.8 Å². The SMILES string of the molecule is CC(C)(C)OC(=O)N1CC[C@H](N2C(=O)CSC2=O)[C@@H](F)C1. The molecule has 0 radical (unpaired) electrons. The van der Waals surface area contributed by atoms with Crippen LogP contribution in [-0.2, 0) is 9.53 Å². The number of halogens is 1. The molecule has 0 unspecified atom stereocenters. The van der Waals surface area contributed by atoms with Gasteiger partial charge < -0.3 is 9.64 Å². The van der Waals surface area contributed by atoms with E-state index in [2.05, 4.69) is 0 Å². The topological polar surface area (TPSA) is 66.9 Å². The van der Waals surface area contributed by atoms with Crippen molar-refractivity contribution in [3.63, 3.8) is 0 Å². The summed E-state index contributed by atoms with van der Waals surface area (Å²) in [6, 6.07) is -0.779. The van der Waals surface area contributed by atoms with Gasteiger partial charge in [-0.1, -0.05) is 11.8 Å².